The molecule has 7 heteroatoms. The number of nitrogens with zero attached hydrogens (tertiary/aromatic N) is 2. The van der Waals surface area contributed by atoms with Crippen LogP contribution in [0, 0.1) is 13.8 Å². The standard InChI is InChI=1S/C24H33N3O4/c1-18-7-6-8-19(2)24(18)25-23(29)16-27-13-11-26(12-14-27)15-20(28)17-31-22-10-5-4-9-21(22)30-3/h4-10,20,28H,11-17H2,1-3H3,(H,25,29)/i3D3,15D2. The van der Waals surface area contributed by atoms with Gasteiger partial charge in [0.1, 0.15) is 12.7 Å². The number of aliphatic hydroxyl groups is 1. The summed E-state index contributed by atoms with van der Waals surface area (Å²) in [5.74, 6) is -0.0449. The summed E-state index contributed by atoms with van der Waals surface area (Å²) in [6, 6.07) is 12.0. The van der Waals surface area contributed by atoms with E-state index in [2.05, 4.69) is 5.32 Å². The summed E-state index contributed by atoms with van der Waals surface area (Å²) in [5.41, 5.74) is 2.79. The lowest BCUT2D eigenvalue weighted by atomic mass is 10.1. The van der Waals surface area contributed by atoms with E-state index in [1.807, 2.05) is 36.9 Å². The van der Waals surface area contributed by atoms with E-state index >= 15 is 0 Å². The third kappa shape index (κ3) is 6.69. The number of carbonyl (C=O) groups excluding carboxylic acids is 1. The SMILES string of the molecule is [2H]C([2H])([2H])Oc1ccccc1OCC(O)C([2H])([2H])N1CCN(CC(=O)Nc2c(C)cccc2C)CC1. The molecule has 7 nitrogen and oxygen atoms in total. The number of amides is 1. The number of para-hydroxylation sites is 3. The van der Waals surface area contributed by atoms with Crippen molar-refractivity contribution in [1.29, 1.82) is 0 Å². The lowest BCUT2D eigenvalue weighted by Crippen LogP contribution is -2.50. The van der Waals surface area contributed by atoms with Gasteiger partial charge < -0.3 is 19.9 Å². The van der Waals surface area contributed by atoms with Gasteiger partial charge in [-0.05, 0) is 37.1 Å². The highest BCUT2D eigenvalue weighted by Crippen LogP contribution is 2.25. The van der Waals surface area contributed by atoms with Crippen molar-refractivity contribution in [1.82, 2.24) is 9.80 Å². The van der Waals surface area contributed by atoms with Gasteiger partial charge in [0.25, 0.3) is 0 Å². The molecule has 1 amide bonds. The lowest BCUT2D eigenvalue weighted by molar-refractivity contribution is -0.117. The summed E-state index contributed by atoms with van der Waals surface area (Å²) < 4.78 is 49.1. The molecule has 3 rings (SSSR count). The second-order valence-corrected chi connectivity index (χ2v) is 7.58. The number of carbonyl (C=O) groups is 1. The van der Waals surface area contributed by atoms with Gasteiger partial charge in [0.2, 0.25) is 5.91 Å². The minimum atomic E-state index is -2.66. The molecule has 1 unspecified atom stereocenters. The van der Waals surface area contributed by atoms with Gasteiger partial charge in [0.15, 0.2) is 11.5 Å². The number of aliphatic hydroxyl groups excluding tert-OH is 1. The number of anilines is 1. The fourth-order valence-corrected chi connectivity index (χ4v) is 3.50. The number of piperazine rings is 1. The van der Waals surface area contributed by atoms with Crippen LogP contribution in [-0.4, -0.2) is 79.8 Å². The summed E-state index contributed by atoms with van der Waals surface area (Å²) in [7, 11) is -2.66. The van der Waals surface area contributed by atoms with Crippen LogP contribution in [0.4, 0.5) is 5.69 Å². The van der Waals surface area contributed by atoms with E-state index in [9.17, 15) is 9.90 Å². The summed E-state index contributed by atoms with van der Waals surface area (Å²) in [6.07, 6.45) is -1.50. The molecule has 1 heterocycles. The minimum absolute atomic E-state index is 0.0157. The number of benzene rings is 2. The Bertz CT molecular complexity index is 1020. The normalized spacial score (nSPS) is 19.3. The first-order valence-electron chi connectivity index (χ1n) is 12.8. The van der Waals surface area contributed by atoms with Crippen LogP contribution >= 0.6 is 0 Å². The van der Waals surface area contributed by atoms with Crippen LogP contribution in [0.15, 0.2) is 42.5 Å². The van der Waals surface area contributed by atoms with Gasteiger partial charge in [-0.15, -0.1) is 0 Å². The quantitative estimate of drug-likeness (QED) is 0.634. The van der Waals surface area contributed by atoms with Crippen LogP contribution < -0.4 is 14.8 Å². The molecule has 2 aromatic rings. The summed E-state index contributed by atoms with van der Waals surface area (Å²) in [4.78, 5) is 16.0. The molecule has 31 heavy (non-hydrogen) atoms. The summed E-state index contributed by atoms with van der Waals surface area (Å²) >= 11 is 0. The Morgan fingerprint density at radius 3 is 2.42 bits per heavy atom. The summed E-state index contributed by atoms with van der Waals surface area (Å²) in [6.45, 7) is 3.15. The largest absolute Gasteiger partial charge is 0.493 e. The van der Waals surface area contributed by atoms with E-state index in [1.54, 1.807) is 12.1 Å². The topological polar surface area (TPSA) is 74.3 Å². The van der Waals surface area contributed by atoms with Gasteiger partial charge in [0.05, 0.1) is 17.7 Å². The van der Waals surface area contributed by atoms with Crippen molar-refractivity contribution >= 4 is 11.6 Å². The molecule has 2 aromatic carbocycles. The van der Waals surface area contributed by atoms with Gasteiger partial charge in [-0.3, -0.25) is 14.6 Å². The zero-order chi connectivity index (χ0) is 26.5. The van der Waals surface area contributed by atoms with E-state index in [4.69, 9.17) is 16.3 Å². The van der Waals surface area contributed by atoms with Crippen LogP contribution in [-0.2, 0) is 4.79 Å². The first kappa shape index (κ1) is 17.0. The van der Waals surface area contributed by atoms with Gasteiger partial charge in [0, 0.05) is 41.1 Å². The maximum Gasteiger partial charge on any atom is 0.238 e. The molecule has 1 saturated heterocycles. The van der Waals surface area contributed by atoms with Gasteiger partial charge in [-0.25, -0.2) is 0 Å². The highest BCUT2D eigenvalue weighted by Gasteiger charge is 2.21. The Morgan fingerprint density at radius 1 is 1.10 bits per heavy atom. The van der Waals surface area contributed by atoms with Gasteiger partial charge >= 0.3 is 0 Å². The van der Waals surface area contributed by atoms with Crippen molar-refractivity contribution in [3.05, 3.63) is 53.6 Å². The zero-order valence-corrected chi connectivity index (χ0v) is 17.9. The van der Waals surface area contributed by atoms with Crippen molar-refractivity contribution in [2.45, 2.75) is 20.0 Å². The molecule has 0 spiro atoms. The first-order valence-corrected chi connectivity index (χ1v) is 10.3. The van der Waals surface area contributed by atoms with Crippen molar-refractivity contribution in [2.24, 2.45) is 0 Å². The highest BCUT2D eigenvalue weighted by molar-refractivity contribution is 5.93. The van der Waals surface area contributed by atoms with E-state index in [1.165, 1.54) is 17.0 Å². The lowest BCUT2D eigenvalue weighted by Gasteiger charge is -2.35. The molecular formula is C24H33N3O4. The van der Waals surface area contributed by atoms with Crippen LogP contribution in [0.25, 0.3) is 0 Å². The first-order chi connectivity index (χ1) is 16.9. The average molecular weight is 433 g/mol. The highest BCUT2D eigenvalue weighted by atomic mass is 16.5. The summed E-state index contributed by atoms with van der Waals surface area (Å²) in [5, 5.41) is 13.5. The van der Waals surface area contributed by atoms with Gasteiger partial charge in [-0.1, -0.05) is 30.3 Å². The fourth-order valence-electron chi connectivity index (χ4n) is 3.50. The van der Waals surface area contributed by atoms with Crippen molar-refractivity contribution in [2.75, 3.05) is 58.2 Å². The molecule has 1 aliphatic rings. The second-order valence-electron chi connectivity index (χ2n) is 7.58. The van der Waals surface area contributed by atoms with Crippen LogP contribution in [0.2, 0.25) is 0 Å². The third-order valence-corrected chi connectivity index (χ3v) is 5.17. The van der Waals surface area contributed by atoms with Crippen LogP contribution in [0.5, 0.6) is 11.5 Å². The monoisotopic (exact) mass is 432 g/mol. The molecule has 0 bridgehead atoms. The number of nitrogens with one attached hydrogen (secondary N) is 1. The Balaban J connectivity index is 1.50. The number of hydrogen-bond acceptors (Lipinski definition) is 6. The van der Waals surface area contributed by atoms with Crippen molar-refractivity contribution in [3.63, 3.8) is 0 Å². The van der Waals surface area contributed by atoms with Crippen LogP contribution in [0.1, 0.15) is 18.0 Å². The maximum atomic E-state index is 12.6. The number of aryl methyl sites for hydroxylation is 2. The predicted molar refractivity (Wildman–Crippen MR) is 122 cm³/mol. The molecule has 2 N–H and O–H groups in total. The molecule has 0 radical (unpaired) electrons. The molecular weight excluding hydrogens is 394 g/mol. The van der Waals surface area contributed by atoms with Crippen LogP contribution in [0.3, 0.4) is 0 Å². The van der Waals surface area contributed by atoms with E-state index in [0.717, 1.165) is 16.8 Å². The minimum Gasteiger partial charge on any atom is -0.493 e. The van der Waals surface area contributed by atoms with E-state index in [-0.39, 0.29) is 24.0 Å². The Kier molecular flexibility index (Phi) is 6.11. The number of rotatable bonds is 9. The molecule has 0 aromatic heterocycles. The molecule has 0 aliphatic carbocycles. The number of ether oxygens (including phenoxy) is 2. The number of hydrogen-bond donors (Lipinski definition) is 2. The Morgan fingerprint density at radius 2 is 1.74 bits per heavy atom. The second kappa shape index (κ2) is 11.1. The molecule has 1 atom stereocenters. The average Bonchev–Trinajstić information content (AvgIpc) is 2.80. The molecule has 1 fully saturated rings. The van der Waals surface area contributed by atoms with Gasteiger partial charge in [-0.2, -0.15) is 0 Å². The Labute approximate surface area is 191 Å². The Hall–Kier alpha value is -2.61. The number of methoxy groups -OCH3 is 1. The van der Waals surface area contributed by atoms with E-state index < -0.39 is 26.2 Å². The fraction of sp³-hybridized carbons (Fsp3) is 0.458. The predicted octanol–water partition coefficient (Wildman–Crippen LogP) is 2.31. The van der Waals surface area contributed by atoms with E-state index in [0.29, 0.717) is 26.2 Å². The zero-order valence-electron chi connectivity index (χ0n) is 22.9. The van der Waals surface area contributed by atoms with Crippen molar-refractivity contribution < 1.29 is 26.2 Å². The maximum absolute atomic E-state index is 12.6. The number of β-amino-alcohol motifs (C(OH)–C–C–N with tert-alkyl or cyclic N) is 1. The smallest absolute Gasteiger partial charge is 0.238 e. The van der Waals surface area contributed by atoms with Crippen molar-refractivity contribution in [3.8, 4) is 11.5 Å². The molecule has 0 saturated carbocycles. The molecule has 1 aliphatic heterocycles. The third-order valence-electron chi connectivity index (χ3n) is 5.17. The molecule has 168 valence electrons.